The SMILES string of the molecule is CC(C)=C1CC(c2ccccc2)=C(C)C1=O. The molecular weight excluding hydrogens is 196 g/mol. The van der Waals surface area contributed by atoms with E-state index in [1.807, 2.05) is 39.0 Å². The van der Waals surface area contributed by atoms with Gasteiger partial charge in [-0.25, -0.2) is 0 Å². The van der Waals surface area contributed by atoms with Crippen molar-refractivity contribution in [1.29, 1.82) is 0 Å². The summed E-state index contributed by atoms with van der Waals surface area (Å²) in [4.78, 5) is 12.0. The summed E-state index contributed by atoms with van der Waals surface area (Å²) in [6, 6.07) is 10.2. The Bertz CT molecular complexity index is 485. The first-order chi connectivity index (χ1) is 7.61. The topological polar surface area (TPSA) is 17.1 Å². The highest BCUT2D eigenvalue weighted by molar-refractivity contribution is 6.18. The van der Waals surface area contributed by atoms with Crippen LogP contribution in [0.5, 0.6) is 0 Å². The summed E-state index contributed by atoms with van der Waals surface area (Å²) in [5.41, 5.74) is 5.36. The van der Waals surface area contributed by atoms with Gasteiger partial charge in [0.25, 0.3) is 0 Å². The Hall–Kier alpha value is -1.63. The summed E-state index contributed by atoms with van der Waals surface area (Å²) in [6.07, 6.45) is 0.789. The number of Topliss-reactive ketones (excluding diaryl/α,β-unsaturated/α-hetero) is 1. The summed E-state index contributed by atoms with van der Waals surface area (Å²) in [7, 11) is 0. The first kappa shape index (κ1) is 10.9. The second kappa shape index (κ2) is 4.09. The molecule has 2 rings (SSSR count). The molecule has 0 radical (unpaired) electrons. The molecule has 82 valence electrons. The molecule has 16 heavy (non-hydrogen) atoms. The van der Waals surface area contributed by atoms with Crippen LogP contribution >= 0.6 is 0 Å². The normalized spacial score (nSPS) is 15.9. The molecule has 0 saturated heterocycles. The number of carbonyl (C=O) groups is 1. The Balaban J connectivity index is 2.46. The predicted molar refractivity (Wildman–Crippen MR) is 67.0 cm³/mol. The van der Waals surface area contributed by atoms with Crippen molar-refractivity contribution >= 4 is 11.4 Å². The molecule has 1 aliphatic rings. The van der Waals surface area contributed by atoms with Crippen LogP contribution in [0.1, 0.15) is 32.8 Å². The van der Waals surface area contributed by atoms with Crippen LogP contribution in [0.4, 0.5) is 0 Å². The maximum Gasteiger partial charge on any atom is 0.185 e. The molecule has 1 nitrogen and oxygen atoms in total. The van der Waals surface area contributed by atoms with E-state index in [2.05, 4.69) is 12.1 Å². The Kier molecular flexibility index (Phi) is 2.78. The van der Waals surface area contributed by atoms with Crippen molar-refractivity contribution in [3.63, 3.8) is 0 Å². The van der Waals surface area contributed by atoms with Gasteiger partial charge < -0.3 is 0 Å². The first-order valence-corrected chi connectivity index (χ1v) is 5.57. The predicted octanol–water partition coefficient (Wildman–Crippen LogP) is 3.77. The zero-order valence-electron chi connectivity index (χ0n) is 10.0. The lowest BCUT2D eigenvalue weighted by Gasteiger charge is -2.02. The van der Waals surface area contributed by atoms with Crippen LogP contribution in [0.2, 0.25) is 0 Å². The van der Waals surface area contributed by atoms with Gasteiger partial charge in [-0.15, -0.1) is 0 Å². The Morgan fingerprint density at radius 1 is 1.12 bits per heavy atom. The largest absolute Gasteiger partial charge is 0.289 e. The van der Waals surface area contributed by atoms with Crippen molar-refractivity contribution in [3.8, 4) is 0 Å². The van der Waals surface area contributed by atoms with Crippen LogP contribution in [-0.4, -0.2) is 5.78 Å². The van der Waals surface area contributed by atoms with E-state index in [0.29, 0.717) is 0 Å². The molecule has 0 amide bonds. The van der Waals surface area contributed by atoms with Crippen LogP contribution < -0.4 is 0 Å². The van der Waals surface area contributed by atoms with Crippen molar-refractivity contribution in [2.75, 3.05) is 0 Å². The van der Waals surface area contributed by atoms with Crippen LogP contribution in [0.25, 0.3) is 5.57 Å². The van der Waals surface area contributed by atoms with E-state index in [4.69, 9.17) is 0 Å². The van der Waals surface area contributed by atoms with Crippen LogP contribution in [0.15, 0.2) is 47.1 Å². The monoisotopic (exact) mass is 212 g/mol. The van der Waals surface area contributed by atoms with E-state index >= 15 is 0 Å². The summed E-state index contributed by atoms with van der Waals surface area (Å²) >= 11 is 0. The molecule has 0 bridgehead atoms. The molecule has 0 aromatic heterocycles. The van der Waals surface area contributed by atoms with E-state index in [1.54, 1.807) is 0 Å². The molecule has 0 saturated carbocycles. The molecule has 0 spiro atoms. The fourth-order valence-electron chi connectivity index (χ4n) is 2.11. The number of benzene rings is 1. The molecule has 1 aromatic rings. The van der Waals surface area contributed by atoms with Crippen molar-refractivity contribution in [3.05, 3.63) is 52.6 Å². The zero-order chi connectivity index (χ0) is 11.7. The number of rotatable bonds is 1. The number of ketones is 1. The quantitative estimate of drug-likeness (QED) is 0.648. The Morgan fingerprint density at radius 3 is 2.25 bits per heavy atom. The summed E-state index contributed by atoms with van der Waals surface area (Å²) in [5, 5.41) is 0. The maximum absolute atomic E-state index is 12.0. The van der Waals surface area contributed by atoms with Gasteiger partial charge in [-0.2, -0.15) is 0 Å². The lowest BCUT2D eigenvalue weighted by Crippen LogP contribution is -1.97. The van der Waals surface area contributed by atoms with E-state index in [9.17, 15) is 4.79 Å². The molecule has 0 N–H and O–H groups in total. The molecule has 0 heterocycles. The summed E-state index contributed by atoms with van der Waals surface area (Å²) in [6.45, 7) is 5.95. The Morgan fingerprint density at radius 2 is 1.75 bits per heavy atom. The number of allylic oxidation sites excluding steroid dienone is 4. The fourth-order valence-corrected chi connectivity index (χ4v) is 2.11. The zero-order valence-corrected chi connectivity index (χ0v) is 10.0. The van der Waals surface area contributed by atoms with Gasteiger partial charge in [-0.05, 0) is 31.9 Å². The van der Waals surface area contributed by atoms with Gasteiger partial charge in [0, 0.05) is 17.6 Å². The van der Waals surface area contributed by atoms with Crippen LogP contribution in [0.3, 0.4) is 0 Å². The second-order valence-electron chi connectivity index (χ2n) is 4.45. The highest BCUT2D eigenvalue weighted by Crippen LogP contribution is 2.35. The van der Waals surface area contributed by atoms with E-state index in [1.165, 1.54) is 11.1 Å². The smallest absolute Gasteiger partial charge is 0.185 e. The third-order valence-electron chi connectivity index (χ3n) is 3.15. The Labute approximate surface area is 96.5 Å². The molecule has 1 heteroatoms. The standard InChI is InChI=1S/C15H16O/c1-10(2)13-9-14(11(3)15(13)16)12-7-5-4-6-8-12/h4-8H,9H2,1-3H3. The van der Waals surface area contributed by atoms with E-state index < -0.39 is 0 Å². The summed E-state index contributed by atoms with van der Waals surface area (Å²) in [5.74, 6) is 0.221. The van der Waals surface area contributed by atoms with E-state index in [0.717, 1.165) is 23.1 Å². The van der Waals surface area contributed by atoms with Gasteiger partial charge in [0.15, 0.2) is 5.78 Å². The minimum atomic E-state index is 0.221. The van der Waals surface area contributed by atoms with Gasteiger partial charge in [0.05, 0.1) is 0 Å². The highest BCUT2D eigenvalue weighted by Gasteiger charge is 2.25. The van der Waals surface area contributed by atoms with Crippen LogP contribution in [0, 0.1) is 0 Å². The molecule has 0 unspecified atom stereocenters. The van der Waals surface area contributed by atoms with Gasteiger partial charge >= 0.3 is 0 Å². The van der Waals surface area contributed by atoms with Crippen molar-refractivity contribution in [2.24, 2.45) is 0 Å². The number of carbonyl (C=O) groups excluding carboxylic acids is 1. The third-order valence-corrected chi connectivity index (χ3v) is 3.15. The highest BCUT2D eigenvalue weighted by atomic mass is 16.1. The fraction of sp³-hybridized carbons (Fsp3) is 0.267. The average molecular weight is 212 g/mol. The van der Waals surface area contributed by atoms with Crippen molar-refractivity contribution < 1.29 is 4.79 Å². The van der Waals surface area contributed by atoms with Gasteiger partial charge in [-0.1, -0.05) is 35.9 Å². The minimum Gasteiger partial charge on any atom is -0.289 e. The molecule has 0 atom stereocenters. The second-order valence-corrected chi connectivity index (χ2v) is 4.45. The van der Waals surface area contributed by atoms with Crippen molar-refractivity contribution in [2.45, 2.75) is 27.2 Å². The number of hydrogen-bond acceptors (Lipinski definition) is 1. The summed E-state index contributed by atoms with van der Waals surface area (Å²) < 4.78 is 0. The third kappa shape index (κ3) is 1.73. The van der Waals surface area contributed by atoms with Crippen LogP contribution in [-0.2, 0) is 4.79 Å². The maximum atomic E-state index is 12.0. The molecule has 0 fully saturated rings. The van der Waals surface area contributed by atoms with Gasteiger partial charge in [-0.3, -0.25) is 4.79 Å². The lowest BCUT2D eigenvalue weighted by molar-refractivity contribution is -0.111. The lowest BCUT2D eigenvalue weighted by atomic mass is 10.0. The van der Waals surface area contributed by atoms with Gasteiger partial charge in [0.2, 0.25) is 0 Å². The molecule has 0 aliphatic heterocycles. The molecule has 1 aliphatic carbocycles. The van der Waals surface area contributed by atoms with E-state index in [-0.39, 0.29) is 5.78 Å². The van der Waals surface area contributed by atoms with Crippen molar-refractivity contribution in [1.82, 2.24) is 0 Å². The van der Waals surface area contributed by atoms with Gasteiger partial charge in [0.1, 0.15) is 0 Å². The number of hydrogen-bond donors (Lipinski definition) is 0. The molecule has 1 aromatic carbocycles. The molecular formula is C15H16O. The first-order valence-electron chi connectivity index (χ1n) is 5.57. The minimum absolute atomic E-state index is 0.221. The average Bonchev–Trinajstić information content (AvgIpc) is 2.58.